The Morgan fingerprint density at radius 1 is 0.778 bits per heavy atom. The third kappa shape index (κ3) is 16.4. The number of halogens is 4. The molecule has 0 amide bonds. The Morgan fingerprint density at radius 2 is 1.22 bits per heavy atom. The number of hydrogen-bond donors (Lipinski definition) is 1. The molecule has 0 fully saturated rings. The first-order chi connectivity index (χ1) is 8.04. The first-order valence-electron chi connectivity index (χ1n) is 6.52. The molecule has 5 heteroatoms. The molecule has 1 nitrogen and oxygen atoms in total. The van der Waals surface area contributed by atoms with Crippen LogP contribution in [0.4, 0.5) is 0 Å². The summed E-state index contributed by atoms with van der Waals surface area (Å²) in [6.07, 6.45) is 11.2. The molecule has 0 aliphatic heterocycles. The molecule has 0 atom stereocenters. The summed E-state index contributed by atoms with van der Waals surface area (Å²) in [7, 11) is 4.48. The minimum atomic E-state index is 0. The van der Waals surface area contributed by atoms with E-state index < -0.39 is 0 Å². The van der Waals surface area contributed by atoms with Crippen LogP contribution in [0, 0.1) is 0 Å². The second-order valence-electron chi connectivity index (χ2n) is 4.85. The zero-order valence-electron chi connectivity index (χ0n) is 11.4. The second kappa shape index (κ2) is 15.8. The van der Waals surface area contributed by atoms with Gasteiger partial charge in [-0.25, -0.2) is 0 Å². The number of allylic oxidation sites excluding steroid dienone is 1. The highest BCUT2D eigenvalue weighted by Crippen LogP contribution is 2.29. The molecule has 1 N–H and O–H groups in total. The van der Waals surface area contributed by atoms with Crippen molar-refractivity contribution in [2.75, 3.05) is 20.6 Å². The van der Waals surface area contributed by atoms with Crippen molar-refractivity contribution in [1.29, 1.82) is 0 Å². The lowest BCUT2D eigenvalue weighted by Crippen LogP contribution is -3.05. The van der Waals surface area contributed by atoms with E-state index in [0.717, 1.165) is 0 Å². The predicted molar refractivity (Wildman–Crippen MR) is 104 cm³/mol. The van der Waals surface area contributed by atoms with Gasteiger partial charge in [0.05, 0.1) is 22.2 Å². The van der Waals surface area contributed by atoms with Crippen LogP contribution in [0.15, 0.2) is 5.17 Å². The molecule has 0 radical (unpaired) electrons. The molecule has 0 spiro atoms. The third-order valence-corrected chi connectivity index (χ3v) is 7.22. The van der Waals surface area contributed by atoms with Gasteiger partial charge in [0.2, 0.25) is 0 Å². The van der Waals surface area contributed by atoms with Crippen molar-refractivity contribution in [3.8, 4) is 0 Å². The maximum atomic E-state index is 2.48. The van der Waals surface area contributed by atoms with Gasteiger partial charge in [0.15, 0.2) is 0 Å². The average molecular weight is 656 g/mol. The summed E-state index contributed by atoms with van der Waals surface area (Å²) in [6, 6.07) is 0. The van der Waals surface area contributed by atoms with E-state index in [2.05, 4.69) is 81.9 Å². The topological polar surface area (TPSA) is 4.44 Å². The van der Waals surface area contributed by atoms with E-state index >= 15 is 0 Å². The van der Waals surface area contributed by atoms with E-state index in [9.17, 15) is 0 Å². The van der Waals surface area contributed by atoms with Gasteiger partial charge >= 0.3 is 0 Å². The van der Waals surface area contributed by atoms with E-state index in [1.54, 1.807) is 4.90 Å². The van der Waals surface area contributed by atoms with Gasteiger partial charge in [-0.05, 0) is 93.5 Å². The van der Waals surface area contributed by atoms with E-state index in [1.807, 2.05) is 0 Å². The highest BCUT2D eigenvalue weighted by Gasteiger charge is 1.98. The van der Waals surface area contributed by atoms with Crippen LogP contribution in [0.25, 0.3) is 0 Å². The molecule has 0 aromatic carbocycles. The molecule has 0 rings (SSSR count). The van der Waals surface area contributed by atoms with Crippen LogP contribution in [0.1, 0.15) is 51.4 Å². The smallest absolute Gasteiger partial charge is 0.0766 e. The zero-order chi connectivity index (χ0) is 13.1. The van der Waals surface area contributed by atoms with Crippen molar-refractivity contribution in [1.82, 2.24) is 0 Å². The van der Waals surface area contributed by atoms with E-state index in [4.69, 9.17) is 0 Å². The Kier molecular flexibility index (Phi) is 19.8. The van der Waals surface area contributed by atoms with Crippen molar-refractivity contribution >= 4 is 67.8 Å². The van der Waals surface area contributed by atoms with Gasteiger partial charge in [0.25, 0.3) is 0 Å². The number of rotatable bonds is 10. The van der Waals surface area contributed by atoms with E-state index in [0.29, 0.717) is 0 Å². The van der Waals surface area contributed by atoms with Crippen LogP contribution >= 0.6 is 67.8 Å². The molecule has 0 aromatic heterocycles. The fourth-order valence-corrected chi connectivity index (χ4v) is 2.66. The lowest BCUT2D eigenvalue weighted by Gasteiger charge is -2.06. The van der Waals surface area contributed by atoms with Gasteiger partial charge in [-0.2, -0.15) is 0 Å². The van der Waals surface area contributed by atoms with Crippen molar-refractivity contribution in [2.24, 2.45) is 0 Å². The van der Waals surface area contributed by atoms with Crippen molar-refractivity contribution < 1.29 is 21.9 Å². The monoisotopic (exact) mass is 655 g/mol. The number of quaternary nitrogens is 1. The molecule has 0 aliphatic carbocycles. The summed E-state index contributed by atoms with van der Waals surface area (Å²) in [4.78, 5) is 1.58. The first kappa shape index (κ1) is 22.6. The van der Waals surface area contributed by atoms with E-state index in [1.165, 1.54) is 63.1 Å². The second-order valence-corrected chi connectivity index (χ2v) is 10.4. The number of unbranched alkanes of at least 4 members (excludes halogenated alkanes) is 6. The first-order valence-corrected chi connectivity index (χ1v) is 9.76. The SMILES string of the molecule is C[NH+](C)CCCCCCCCCC(I)=C(I)I.[Br-]. The minimum Gasteiger partial charge on any atom is -1.00 e. The lowest BCUT2D eigenvalue weighted by molar-refractivity contribution is -0.858. The quantitative estimate of drug-likeness (QED) is 0.270. The molecule has 0 bridgehead atoms. The summed E-state index contributed by atoms with van der Waals surface area (Å²) in [6.45, 7) is 1.33. The molecule has 0 aliphatic rings. The molecule has 0 unspecified atom stereocenters. The van der Waals surface area contributed by atoms with Crippen molar-refractivity contribution in [3.05, 3.63) is 5.17 Å². The highest BCUT2D eigenvalue weighted by atomic mass is 127. The summed E-state index contributed by atoms with van der Waals surface area (Å²) in [5, 5.41) is 0. The summed E-state index contributed by atoms with van der Waals surface area (Å²) in [5.74, 6) is 0. The fourth-order valence-electron chi connectivity index (χ4n) is 1.74. The van der Waals surface area contributed by atoms with Crippen LogP contribution in [0.5, 0.6) is 0 Å². The maximum Gasteiger partial charge on any atom is 0.0766 e. The molecule has 0 aromatic rings. The van der Waals surface area contributed by atoms with Gasteiger partial charge in [-0.3, -0.25) is 0 Å². The predicted octanol–water partition coefficient (Wildman–Crippen LogP) is 1.73. The molecule has 0 saturated heterocycles. The summed E-state index contributed by atoms with van der Waals surface area (Å²) >= 11 is 7.31. The Labute approximate surface area is 164 Å². The Bertz CT molecular complexity index is 216. The molecular formula is C13H25BrI3N. The van der Waals surface area contributed by atoms with Crippen LogP contribution in [-0.2, 0) is 0 Å². The standard InChI is InChI=1S/C13H24I3N.BrH/c1-17(2)11-9-7-5-3-4-6-8-10-12(14)13(15)16;/h3-11H2,1-2H3;1H. The molecule has 18 heavy (non-hydrogen) atoms. The van der Waals surface area contributed by atoms with E-state index in [-0.39, 0.29) is 17.0 Å². The number of hydrogen-bond acceptors (Lipinski definition) is 0. The molecule has 0 saturated carbocycles. The maximum absolute atomic E-state index is 2.48. The van der Waals surface area contributed by atoms with Gasteiger partial charge in [0, 0.05) is 3.58 Å². The van der Waals surface area contributed by atoms with Crippen LogP contribution in [0.2, 0.25) is 0 Å². The van der Waals surface area contributed by atoms with Crippen LogP contribution in [0.3, 0.4) is 0 Å². The molecule has 0 heterocycles. The van der Waals surface area contributed by atoms with Crippen LogP contribution < -0.4 is 21.9 Å². The lowest BCUT2D eigenvalue weighted by atomic mass is 10.1. The fraction of sp³-hybridized carbons (Fsp3) is 0.846. The average Bonchev–Trinajstić information content (AvgIpc) is 2.25. The van der Waals surface area contributed by atoms with Crippen molar-refractivity contribution in [2.45, 2.75) is 51.4 Å². The minimum absolute atomic E-state index is 0. The molecular weight excluding hydrogens is 631 g/mol. The Hall–Kier alpha value is 2.37. The van der Waals surface area contributed by atoms with Gasteiger partial charge in [0.1, 0.15) is 0 Å². The van der Waals surface area contributed by atoms with Crippen LogP contribution in [-0.4, -0.2) is 20.6 Å². The Balaban J connectivity index is 0. The zero-order valence-corrected chi connectivity index (χ0v) is 19.4. The summed E-state index contributed by atoms with van der Waals surface area (Å²) in [5.41, 5.74) is 0. The largest absolute Gasteiger partial charge is 1.00 e. The molecule has 110 valence electrons. The third-order valence-electron chi connectivity index (χ3n) is 2.78. The van der Waals surface area contributed by atoms with Gasteiger partial charge < -0.3 is 21.9 Å². The van der Waals surface area contributed by atoms with Gasteiger partial charge in [-0.1, -0.05) is 25.7 Å². The highest BCUT2D eigenvalue weighted by molar-refractivity contribution is 14.2. The summed E-state index contributed by atoms with van der Waals surface area (Å²) < 4.78 is 2.98. The Morgan fingerprint density at radius 3 is 1.67 bits per heavy atom. The normalized spacial score (nSPS) is 10.3. The number of nitrogens with one attached hydrogen (secondary N) is 1. The van der Waals surface area contributed by atoms with Crippen molar-refractivity contribution in [3.63, 3.8) is 0 Å². The van der Waals surface area contributed by atoms with Gasteiger partial charge in [-0.15, -0.1) is 0 Å².